The van der Waals surface area contributed by atoms with Gasteiger partial charge in [0.2, 0.25) is 59.1 Å². The molecule has 6 aromatic heterocycles. The molecule has 12 rings (SSSR count). The van der Waals surface area contributed by atoms with Gasteiger partial charge in [0.15, 0.2) is 29.8 Å². The molecule has 0 aliphatic heterocycles. The van der Waals surface area contributed by atoms with E-state index < -0.39 is 143 Å². The number of carboxylic acids is 1. The average Bonchev–Trinajstić information content (AvgIpc) is 1.68. The Morgan fingerprint density at radius 1 is 0.243 bits per heavy atom. The fraction of sp³-hybridized carbons (Fsp3) is 0.333. The van der Waals surface area contributed by atoms with Crippen molar-refractivity contribution in [1.29, 1.82) is 27.0 Å². The van der Waals surface area contributed by atoms with Gasteiger partial charge in [0.25, 0.3) is 0 Å². The molecule has 12 aromatic rings. The summed E-state index contributed by atoms with van der Waals surface area (Å²) in [6.07, 6.45) is 8.61. The number of H-pyrrole nitrogens is 6. The van der Waals surface area contributed by atoms with Crippen molar-refractivity contribution < 1.29 is 57.8 Å². The highest BCUT2D eigenvalue weighted by Gasteiger charge is 2.39. The maximum absolute atomic E-state index is 16.2. The van der Waals surface area contributed by atoms with Crippen LogP contribution in [0.25, 0.3) is 65.4 Å². The summed E-state index contributed by atoms with van der Waals surface area (Å²) >= 11 is 0. The number of hydrogen-bond acceptors (Lipinski definition) is 17. The SMILES string of the molecule is N=C(N)NCCC[C@H](NC(=O)[C@H](Cc1c[nH]c2ccccc12)NC(=O)[C@H](Cc1c[nH]c2ccccc12)NC(=O)[C@H](CCCNC(=N)N)NC(=O)[C@H](CCCNC(=N)N)NC(=O)[C@H](Cc1c[nH]c2ccccc12)NC(=O)[C@H](Cc1c[nH]c2ccccc12)NC(=O)[C@H](Cc1c[nH]c2ccccc12)NC(=O)[C@H](CCCNC(=N)N)NC(=O)[C@H](Cc1c[nH]c2ccccc12)NC(=O)[C@@H](N)CCCNC(=N)N)C(=O)O. The maximum atomic E-state index is 16.2. The molecule has 0 aliphatic rings. The molecule has 0 radical (unpaired) electrons. The molecule has 738 valence electrons. The third-order valence-electron chi connectivity index (χ3n) is 24.2. The van der Waals surface area contributed by atoms with E-state index in [-0.39, 0.29) is 147 Å². The fourth-order valence-corrected chi connectivity index (χ4v) is 17.0. The van der Waals surface area contributed by atoms with Crippen LogP contribution in [0.3, 0.4) is 0 Å². The molecule has 140 heavy (non-hydrogen) atoms. The number of hydrogen-bond donors (Lipinski definition) is 33. The zero-order valence-electron chi connectivity index (χ0n) is 76.9. The van der Waals surface area contributed by atoms with E-state index in [0.717, 1.165) is 10.9 Å². The van der Waals surface area contributed by atoms with Crippen LogP contribution < -0.4 is 114 Å². The van der Waals surface area contributed by atoms with Gasteiger partial charge in [0.1, 0.15) is 60.4 Å². The third kappa shape index (κ3) is 28.8. The topological polar surface area (TPSA) is 759 Å². The van der Waals surface area contributed by atoms with Crippen molar-refractivity contribution >= 4 is 160 Å². The second-order valence-electron chi connectivity index (χ2n) is 34.4. The highest BCUT2D eigenvalue weighted by Crippen LogP contribution is 2.28. The minimum Gasteiger partial charge on any atom is -0.480 e. The lowest BCUT2D eigenvalue weighted by molar-refractivity contribution is -0.142. The lowest BCUT2D eigenvalue weighted by Crippen LogP contribution is -2.61. The van der Waals surface area contributed by atoms with Crippen molar-refractivity contribution in [2.45, 2.75) is 169 Å². The standard InChI is InChI=1S/C96H122N32O12/c97-64(24-13-35-108-92(98)99)81(129)123-75(40-52-46-113-65-25-7-1-18-58(52)65)85(133)121-73(33-16-38-111-95(104)105)84(132)125-79(44-56-50-117-69-29-11-5-22-62(56)69)89(137)128-80(45-57-51-118-70-30-12-6-23-63(57)70)90(138)126-76(41-53-47-114-66-26-8-2-19-59(53)66)86(134)120-71(31-14-36-109-93(100)101)82(130)119-72(32-15-37-110-94(102)103)83(131)124-78(43-55-49-116-68-28-10-4-21-61(55)68)88(136)127-77(42-54-48-115-67-27-9-3-20-60(54)67)87(135)122-74(91(139)140)34-17-39-112-96(106)107/h1-12,18-23,25-30,46-51,64,71-80,113-118H,13-17,24,31-45,97H2,(H,119,130)(H,120,134)(H,121,133)(H,122,135)(H,123,129)(H,124,131)(H,125,132)(H,126,138)(H,127,136)(H,128,137)(H,139,140)(H4,98,99,108)(H4,100,101,109)(H4,102,103,110)(H4,104,105,111)(H4,106,107,112)/t64-,71-,72-,73-,74-,75-,76-,77-,78-,79-,80-/m0/s1. The minimum atomic E-state index is -1.65. The fourth-order valence-electron chi connectivity index (χ4n) is 17.0. The number of guanidine groups is 5. The molecule has 10 amide bonds. The smallest absolute Gasteiger partial charge is 0.326 e. The molecule has 0 unspecified atom stereocenters. The molecular formula is C96H122N32O12. The molecule has 44 nitrogen and oxygen atoms in total. The van der Waals surface area contributed by atoms with Gasteiger partial charge in [-0.15, -0.1) is 0 Å². The maximum Gasteiger partial charge on any atom is 0.326 e. The van der Waals surface area contributed by atoms with Crippen molar-refractivity contribution in [1.82, 2.24) is 110 Å². The van der Waals surface area contributed by atoms with Crippen molar-refractivity contribution in [3.63, 3.8) is 0 Å². The number of aromatic nitrogens is 6. The van der Waals surface area contributed by atoms with Crippen LogP contribution in [0.2, 0.25) is 0 Å². The molecule has 11 atom stereocenters. The van der Waals surface area contributed by atoms with Crippen molar-refractivity contribution in [2.75, 3.05) is 32.7 Å². The monoisotopic (exact) mass is 1910 g/mol. The minimum absolute atomic E-state index is 0.0147. The van der Waals surface area contributed by atoms with Crippen molar-refractivity contribution in [3.05, 3.63) is 216 Å². The normalized spacial score (nSPS) is 13.7. The number of carbonyl (C=O) groups excluding carboxylic acids is 10. The lowest BCUT2D eigenvalue weighted by atomic mass is 9.99. The lowest BCUT2D eigenvalue weighted by Gasteiger charge is -2.29. The Morgan fingerprint density at radius 2 is 0.407 bits per heavy atom. The number of para-hydroxylation sites is 6. The number of aromatic amines is 6. The Bertz CT molecular complexity index is 6450. The molecule has 44 heteroatoms. The second-order valence-corrected chi connectivity index (χ2v) is 34.4. The van der Waals surface area contributed by atoms with Crippen LogP contribution in [-0.4, -0.2) is 229 Å². The number of benzene rings is 6. The molecule has 0 saturated carbocycles. The molecular weight excluding hydrogens is 1790 g/mol. The zero-order chi connectivity index (χ0) is 99.9. The van der Waals surface area contributed by atoms with Gasteiger partial charge in [-0.2, -0.15) is 0 Å². The molecule has 39 N–H and O–H groups in total. The zero-order valence-corrected chi connectivity index (χ0v) is 76.9. The van der Waals surface area contributed by atoms with Crippen LogP contribution in [0, 0.1) is 27.0 Å². The number of fused-ring (bicyclic) bond motifs is 6. The average molecular weight is 1920 g/mol. The predicted octanol–water partition coefficient (Wildman–Crippen LogP) is 0.907. The molecule has 0 saturated heterocycles. The molecule has 0 fully saturated rings. The van der Waals surface area contributed by atoms with Gasteiger partial charge in [-0.3, -0.25) is 75.0 Å². The first kappa shape index (κ1) is 102. The number of carbonyl (C=O) groups is 11. The van der Waals surface area contributed by atoms with Crippen LogP contribution in [0.4, 0.5) is 0 Å². The van der Waals surface area contributed by atoms with Gasteiger partial charge >= 0.3 is 5.97 Å². The van der Waals surface area contributed by atoms with Crippen LogP contribution in [0.5, 0.6) is 0 Å². The van der Waals surface area contributed by atoms with E-state index in [4.69, 9.17) is 61.4 Å². The van der Waals surface area contributed by atoms with Gasteiger partial charge < -0.3 is 149 Å². The van der Waals surface area contributed by atoms with E-state index in [1.807, 2.05) is 42.5 Å². The summed E-state index contributed by atoms with van der Waals surface area (Å²) in [7, 11) is 0. The van der Waals surface area contributed by atoms with E-state index in [1.165, 1.54) is 0 Å². The van der Waals surface area contributed by atoms with Gasteiger partial charge in [0, 0.05) is 174 Å². The number of rotatable bonds is 53. The first-order valence-corrected chi connectivity index (χ1v) is 46.1. The molecule has 6 heterocycles. The quantitative estimate of drug-likeness (QED) is 0.0143. The highest BCUT2D eigenvalue weighted by molar-refractivity contribution is 6.02. The van der Waals surface area contributed by atoms with Crippen LogP contribution in [-0.2, 0) is 91.3 Å². The van der Waals surface area contributed by atoms with E-state index in [1.54, 1.807) is 140 Å². The Hall–Kier alpha value is -17.0. The third-order valence-corrected chi connectivity index (χ3v) is 24.2. The Balaban J connectivity index is 0.862. The summed E-state index contributed by atoms with van der Waals surface area (Å²) in [6.45, 7) is 0.337. The molecule has 0 aliphatic carbocycles. The number of carboxylic acid groups (broad SMARTS) is 1. The predicted molar refractivity (Wildman–Crippen MR) is 533 cm³/mol. The first-order valence-electron chi connectivity index (χ1n) is 46.1. The van der Waals surface area contributed by atoms with Crippen LogP contribution >= 0.6 is 0 Å². The van der Waals surface area contributed by atoms with Gasteiger partial charge in [-0.05, 0) is 134 Å². The summed E-state index contributed by atoms with van der Waals surface area (Å²) in [5.74, 6) is -12.2. The summed E-state index contributed by atoms with van der Waals surface area (Å²) < 4.78 is 0. The molecule has 0 bridgehead atoms. The van der Waals surface area contributed by atoms with Gasteiger partial charge in [-0.25, -0.2) is 4.79 Å². The summed E-state index contributed by atoms with van der Waals surface area (Å²) in [5, 5.41) is 95.3. The highest BCUT2D eigenvalue weighted by atomic mass is 16.4. The number of nitrogens with two attached hydrogens (primary N) is 6. The number of aliphatic carboxylic acids is 1. The van der Waals surface area contributed by atoms with Crippen molar-refractivity contribution in [3.8, 4) is 0 Å². The van der Waals surface area contributed by atoms with Crippen LogP contribution in [0.15, 0.2) is 183 Å². The second kappa shape index (κ2) is 49.5. The Labute approximate surface area is 803 Å². The number of amides is 10. The summed E-state index contributed by atoms with van der Waals surface area (Å²) in [6, 6.07) is 26.5. The Kier molecular flexibility index (Phi) is 36.1. The van der Waals surface area contributed by atoms with Gasteiger partial charge in [0.05, 0.1) is 6.04 Å². The number of nitrogens with one attached hydrogen (secondary N) is 26. The Morgan fingerprint density at radius 3 is 0.607 bits per heavy atom. The molecule has 6 aromatic carbocycles. The van der Waals surface area contributed by atoms with E-state index in [2.05, 4.69) is 110 Å². The summed E-state index contributed by atoms with van der Waals surface area (Å²) in [5.41, 5.74) is 42.0. The van der Waals surface area contributed by atoms with E-state index >= 15 is 38.4 Å². The van der Waals surface area contributed by atoms with Crippen molar-refractivity contribution in [2.24, 2.45) is 34.4 Å². The summed E-state index contributed by atoms with van der Waals surface area (Å²) in [4.78, 5) is 187. The largest absolute Gasteiger partial charge is 0.480 e. The van der Waals surface area contributed by atoms with E-state index in [0.29, 0.717) is 94.3 Å². The first-order chi connectivity index (χ1) is 67.4. The molecule has 0 spiro atoms. The van der Waals surface area contributed by atoms with Gasteiger partial charge in [-0.1, -0.05) is 109 Å². The van der Waals surface area contributed by atoms with Crippen LogP contribution in [0.1, 0.15) is 97.6 Å². The van der Waals surface area contributed by atoms with E-state index in [9.17, 15) is 19.5 Å².